The SMILES string of the molecule is CCn1nc(C)cc1C(=O)N=c1n(C)c2cc(C(N)=O)ccc2n1C/C(C)=C(\C)Cn1c(=NC(=O)c2cc(C)nn2CC)n(C)c2cc(C(N)=O)cc(OCCCN)c21. The van der Waals surface area contributed by atoms with Crippen LogP contribution in [0.2, 0.25) is 0 Å². The molecule has 4 amide bonds. The lowest BCUT2D eigenvalue weighted by Crippen LogP contribution is -2.28. The maximum atomic E-state index is 13.9. The molecule has 4 heterocycles. The van der Waals surface area contributed by atoms with Gasteiger partial charge in [0.1, 0.15) is 22.7 Å². The molecule has 0 spiro atoms. The van der Waals surface area contributed by atoms with Gasteiger partial charge in [0.25, 0.3) is 11.8 Å². The standard InChI is InChI=1S/C41H51N13O5/c1-9-53-32(16-25(5)47-53)38(57)45-40-49(7)30-18-27(36(43)55)12-13-29(30)51(40)21-23(3)24(4)22-52-35-31(19-28(37(44)56)20-34(35)59-15-11-14-42)50(8)41(52)46-39(58)33-17-26(6)48-54(33)10-2/h12-13,16-20H,9-11,14-15,21-22,42H2,1-8H3,(H2,43,55)(H2,44,56)/b24-23+,45-40?,46-41?. The fourth-order valence-corrected chi connectivity index (χ4v) is 7.13. The van der Waals surface area contributed by atoms with Crippen molar-refractivity contribution in [2.45, 2.75) is 74.1 Å². The van der Waals surface area contributed by atoms with E-state index >= 15 is 0 Å². The minimum atomic E-state index is -0.642. The van der Waals surface area contributed by atoms with Gasteiger partial charge in [-0.25, -0.2) is 0 Å². The molecule has 0 saturated carbocycles. The molecule has 0 aliphatic heterocycles. The lowest BCUT2D eigenvalue weighted by molar-refractivity contribution is 0.0977. The highest BCUT2D eigenvalue weighted by molar-refractivity contribution is 5.99. The monoisotopic (exact) mass is 805 g/mol. The second-order valence-electron chi connectivity index (χ2n) is 14.5. The average molecular weight is 806 g/mol. The van der Waals surface area contributed by atoms with E-state index in [2.05, 4.69) is 20.2 Å². The number of primary amides is 2. The molecule has 18 nitrogen and oxygen atoms in total. The third kappa shape index (κ3) is 8.16. The number of hydrogen-bond donors (Lipinski definition) is 3. The lowest BCUT2D eigenvalue weighted by atomic mass is 10.1. The molecule has 6 aromatic rings. The Hall–Kier alpha value is -6.82. The molecule has 0 saturated heterocycles. The van der Waals surface area contributed by atoms with Gasteiger partial charge in [-0.1, -0.05) is 11.1 Å². The van der Waals surface area contributed by atoms with Crippen LogP contribution >= 0.6 is 0 Å². The molecule has 0 bridgehead atoms. The second-order valence-corrected chi connectivity index (χ2v) is 14.5. The summed E-state index contributed by atoms with van der Waals surface area (Å²) >= 11 is 0. The van der Waals surface area contributed by atoms with Crippen LogP contribution in [0.1, 0.15) is 87.2 Å². The predicted octanol–water partition coefficient (Wildman–Crippen LogP) is 2.77. The number of ether oxygens (including phenoxy) is 1. The third-order valence-electron chi connectivity index (χ3n) is 10.3. The van der Waals surface area contributed by atoms with Gasteiger partial charge < -0.3 is 40.2 Å². The van der Waals surface area contributed by atoms with Gasteiger partial charge in [0.2, 0.25) is 23.1 Å². The number of rotatable bonds is 14. The van der Waals surface area contributed by atoms with Crippen molar-refractivity contribution >= 4 is 45.7 Å². The number of nitrogens with two attached hydrogens (primary N) is 3. The highest BCUT2D eigenvalue weighted by Crippen LogP contribution is 2.29. The van der Waals surface area contributed by atoms with Crippen LogP contribution in [0.3, 0.4) is 0 Å². The number of nitrogens with zero attached hydrogens (tertiary/aromatic N) is 10. The third-order valence-corrected chi connectivity index (χ3v) is 10.3. The molecule has 0 aliphatic rings. The number of fused-ring (bicyclic) bond motifs is 2. The molecule has 0 atom stereocenters. The van der Waals surface area contributed by atoms with Gasteiger partial charge in [0.05, 0.1) is 34.5 Å². The Bertz CT molecular complexity index is 2840. The summed E-state index contributed by atoms with van der Waals surface area (Å²) in [6, 6.07) is 11.8. The van der Waals surface area contributed by atoms with E-state index in [0.717, 1.165) is 11.1 Å². The summed E-state index contributed by atoms with van der Waals surface area (Å²) in [5.41, 5.74) is 24.8. The van der Waals surface area contributed by atoms with Crippen LogP contribution in [0.15, 0.2) is 63.6 Å². The predicted molar refractivity (Wildman–Crippen MR) is 221 cm³/mol. The normalized spacial score (nSPS) is 12.8. The first-order valence-corrected chi connectivity index (χ1v) is 19.4. The van der Waals surface area contributed by atoms with Gasteiger partial charge in [-0.3, -0.25) is 28.5 Å². The van der Waals surface area contributed by atoms with E-state index in [0.29, 0.717) is 93.4 Å². The minimum Gasteiger partial charge on any atom is -0.491 e. The zero-order chi connectivity index (χ0) is 42.9. The van der Waals surface area contributed by atoms with Gasteiger partial charge in [0.15, 0.2) is 0 Å². The number of allylic oxidation sites excluding steroid dienone is 2. The first kappa shape index (κ1) is 41.8. The fourth-order valence-electron chi connectivity index (χ4n) is 7.13. The minimum absolute atomic E-state index is 0.226. The highest BCUT2D eigenvalue weighted by atomic mass is 16.5. The summed E-state index contributed by atoms with van der Waals surface area (Å²) in [5, 5.41) is 8.87. The molecule has 310 valence electrons. The van der Waals surface area contributed by atoms with Crippen molar-refractivity contribution < 1.29 is 23.9 Å². The molecule has 2 aromatic carbocycles. The number of imidazole rings is 2. The molecule has 59 heavy (non-hydrogen) atoms. The van der Waals surface area contributed by atoms with Gasteiger partial charge in [0, 0.05) is 51.4 Å². The Kier molecular flexibility index (Phi) is 12.0. The zero-order valence-corrected chi connectivity index (χ0v) is 34.7. The maximum absolute atomic E-state index is 13.9. The highest BCUT2D eigenvalue weighted by Gasteiger charge is 2.22. The van der Waals surface area contributed by atoms with Crippen molar-refractivity contribution in [1.82, 2.24) is 37.8 Å². The first-order chi connectivity index (χ1) is 28.1. The number of benzene rings is 2. The lowest BCUT2D eigenvalue weighted by Gasteiger charge is -2.14. The van der Waals surface area contributed by atoms with Gasteiger partial charge in [-0.15, -0.1) is 0 Å². The smallest absolute Gasteiger partial charge is 0.298 e. The Balaban J connectivity index is 1.55. The van der Waals surface area contributed by atoms with E-state index in [9.17, 15) is 19.2 Å². The molecule has 18 heteroatoms. The molecule has 6 rings (SSSR count). The molecular formula is C41H51N13O5. The maximum Gasteiger partial charge on any atom is 0.298 e. The van der Waals surface area contributed by atoms with Crippen molar-refractivity contribution in [3.8, 4) is 5.75 Å². The molecule has 0 unspecified atom stereocenters. The Labute approximate surface area is 339 Å². The number of carbonyl (C=O) groups excluding carboxylic acids is 4. The topological polar surface area (TPSA) is 236 Å². The van der Waals surface area contributed by atoms with E-state index in [4.69, 9.17) is 21.9 Å². The summed E-state index contributed by atoms with van der Waals surface area (Å²) in [5.74, 6) is -1.82. The second kappa shape index (κ2) is 17.0. The first-order valence-electron chi connectivity index (χ1n) is 19.4. The summed E-state index contributed by atoms with van der Waals surface area (Å²) in [6.07, 6.45) is 0.558. The van der Waals surface area contributed by atoms with Crippen LogP contribution in [0.4, 0.5) is 0 Å². The van der Waals surface area contributed by atoms with Gasteiger partial charge in [-0.05, 0) is 97.0 Å². The molecule has 0 aliphatic carbocycles. The van der Waals surface area contributed by atoms with E-state index < -0.39 is 23.6 Å². The summed E-state index contributed by atoms with van der Waals surface area (Å²) in [7, 11) is 3.54. The number of aryl methyl sites for hydroxylation is 6. The van der Waals surface area contributed by atoms with Crippen LogP contribution in [-0.2, 0) is 40.3 Å². The number of carbonyl (C=O) groups is 4. The molecule has 6 N–H and O–H groups in total. The van der Waals surface area contributed by atoms with Crippen LogP contribution in [0.25, 0.3) is 22.1 Å². The Morgan fingerprint density at radius 3 is 1.73 bits per heavy atom. The van der Waals surface area contributed by atoms with Crippen LogP contribution in [0, 0.1) is 13.8 Å². The quantitative estimate of drug-likeness (QED) is 0.109. The van der Waals surface area contributed by atoms with Crippen molar-refractivity contribution in [2.75, 3.05) is 13.2 Å². The van der Waals surface area contributed by atoms with Gasteiger partial charge >= 0.3 is 0 Å². The zero-order valence-electron chi connectivity index (χ0n) is 34.7. The van der Waals surface area contributed by atoms with Crippen LogP contribution in [0.5, 0.6) is 5.75 Å². The Morgan fingerprint density at radius 1 is 0.695 bits per heavy atom. The number of aromatic nitrogens is 8. The van der Waals surface area contributed by atoms with Crippen molar-refractivity contribution in [3.05, 3.63) is 98.7 Å². The summed E-state index contributed by atoms with van der Waals surface area (Å²) in [4.78, 5) is 61.7. The van der Waals surface area contributed by atoms with Crippen LogP contribution < -0.4 is 33.2 Å². The van der Waals surface area contributed by atoms with Gasteiger partial charge in [-0.2, -0.15) is 20.2 Å². The van der Waals surface area contributed by atoms with Crippen molar-refractivity contribution in [2.24, 2.45) is 41.3 Å². The molecular weight excluding hydrogens is 755 g/mol. The van der Waals surface area contributed by atoms with E-state index in [1.165, 1.54) is 0 Å². The fraction of sp³-hybridized carbons (Fsp3) is 0.366. The molecule has 0 fully saturated rings. The van der Waals surface area contributed by atoms with E-state index in [-0.39, 0.29) is 25.3 Å². The van der Waals surface area contributed by atoms with E-state index in [1.807, 2.05) is 50.7 Å². The molecule has 0 radical (unpaired) electrons. The number of amides is 4. The largest absolute Gasteiger partial charge is 0.491 e. The summed E-state index contributed by atoms with van der Waals surface area (Å²) < 4.78 is 16.7. The average Bonchev–Trinajstić information content (AvgIpc) is 3.93. The number of hydrogen-bond acceptors (Lipinski definition) is 8. The Morgan fingerprint density at radius 2 is 1.20 bits per heavy atom. The van der Waals surface area contributed by atoms with Crippen LogP contribution in [-0.4, -0.2) is 74.6 Å². The summed E-state index contributed by atoms with van der Waals surface area (Å²) in [6.45, 7) is 13.5. The molecule has 4 aromatic heterocycles. The van der Waals surface area contributed by atoms with E-state index in [1.54, 1.807) is 75.1 Å². The van der Waals surface area contributed by atoms with Crippen molar-refractivity contribution in [1.29, 1.82) is 0 Å². The van der Waals surface area contributed by atoms with Crippen molar-refractivity contribution in [3.63, 3.8) is 0 Å².